The van der Waals surface area contributed by atoms with Gasteiger partial charge in [-0.2, -0.15) is 0 Å². The summed E-state index contributed by atoms with van der Waals surface area (Å²) < 4.78 is 0. The topological polar surface area (TPSA) is 40.5 Å². The van der Waals surface area contributed by atoms with Crippen molar-refractivity contribution in [2.75, 3.05) is 11.4 Å². The number of anilines is 1. The van der Waals surface area contributed by atoms with Crippen LogP contribution >= 0.6 is 24.0 Å². The molecule has 2 aromatic carbocycles. The number of para-hydroxylation sites is 1. The monoisotopic (exact) mass is 315 g/mol. The highest BCUT2D eigenvalue weighted by atomic mass is 32.2. The number of thiocarbonyl (C=S) groups is 1. The summed E-state index contributed by atoms with van der Waals surface area (Å²) in [5.74, 6) is -0.883. The maximum Gasteiger partial charge on any atom is 0.323 e. The molecule has 0 amide bonds. The molecule has 1 aliphatic heterocycles. The average molecular weight is 315 g/mol. The number of nitrogens with zero attached hydrogens (tertiary/aromatic N) is 1. The third kappa shape index (κ3) is 2.80. The fourth-order valence-corrected chi connectivity index (χ4v) is 4.03. The minimum absolute atomic E-state index is 0.0320. The Bertz CT molecular complexity index is 688. The molecule has 1 heterocycles. The van der Waals surface area contributed by atoms with Crippen molar-refractivity contribution in [1.29, 1.82) is 0 Å². The second kappa shape index (κ2) is 5.87. The molecule has 1 atom stereocenters. The zero-order chi connectivity index (χ0) is 14.8. The van der Waals surface area contributed by atoms with Crippen molar-refractivity contribution in [2.45, 2.75) is 10.1 Å². The third-order valence-corrected chi connectivity index (χ3v) is 5.22. The summed E-state index contributed by atoms with van der Waals surface area (Å²) in [5, 5.41) is 9.13. The normalized spacial score (nSPS) is 17.4. The molecule has 2 aromatic rings. The highest BCUT2D eigenvalue weighted by Gasteiger charge is 2.32. The largest absolute Gasteiger partial charge is 0.480 e. The Morgan fingerprint density at radius 1 is 1.14 bits per heavy atom. The summed E-state index contributed by atoms with van der Waals surface area (Å²) in [6.07, 6.45) is 0. The van der Waals surface area contributed by atoms with Crippen LogP contribution in [0.1, 0.15) is 10.8 Å². The van der Waals surface area contributed by atoms with Gasteiger partial charge in [0.1, 0.15) is 11.5 Å². The van der Waals surface area contributed by atoms with E-state index in [9.17, 15) is 4.79 Å². The van der Waals surface area contributed by atoms with E-state index in [2.05, 4.69) is 0 Å². The average Bonchev–Trinajstić information content (AvgIpc) is 2.50. The van der Waals surface area contributed by atoms with Crippen molar-refractivity contribution < 1.29 is 9.90 Å². The number of hydrogen-bond donors (Lipinski definition) is 1. The van der Waals surface area contributed by atoms with E-state index in [-0.39, 0.29) is 11.8 Å². The molecular weight excluding hydrogens is 302 g/mol. The van der Waals surface area contributed by atoms with E-state index in [0.717, 1.165) is 16.1 Å². The molecule has 1 N–H and O–H groups in total. The van der Waals surface area contributed by atoms with Crippen LogP contribution in [0.2, 0.25) is 0 Å². The number of hydrogen-bond acceptors (Lipinski definition) is 3. The summed E-state index contributed by atoms with van der Waals surface area (Å²) in [5.41, 5.74) is 1.97. The highest BCUT2D eigenvalue weighted by Crippen LogP contribution is 2.46. The lowest BCUT2D eigenvalue weighted by Crippen LogP contribution is -2.39. The van der Waals surface area contributed by atoms with Gasteiger partial charge in [0, 0.05) is 4.90 Å². The summed E-state index contributed by atoms with van der Waals surface area (Å²) in [4.78, 5) is 14.6. The number of benzene rings is 2. The molecule has 0 aliphatic carbocycles. The summed E-state index contributed by atoms with van der Waals surface area (Å²) >= 11 is 7.24. The Balaban J connectivity index is 2.04. The van der Waals surface area contributed by atoms with Gasteiger partial charge < -0.3 is 10.0 Å². The van der Waals surface area contributed by atoms with E-state index in [1.54, 1.807) is 16.7 Å². The Morgan fingerprint density at radius 3 is 2.52 bits per heavy atom. The number of aliphatic carboxylic acids is 1. The van der Waals surface area contributed by atoms with Crippen molar-refractivity contribution in [3.8, 4) is 0 Å². The zero-order valence-electron chi connectivity index (χ0n) is 11.1. The molecule has 3 rings (SSSR count). The summed E-state index contributed by atoms with van der Waals surface area (Å²) in [7, 11) is 0. The molecule has 0 fully saturated rings. The van der Waals surface area contributed by atoms with Gasteiger partial charge in [-0.3, -0.25) is 4.79 Å². The predicted octanol–water partition coefficient (Wildman–Crippen LogP) is 3.75. The van der Waals surface area contributed by atoms with Crippen molar-refractivity contribution in [3.63, 3.8) is 0 Å². The van der Waals surface area contributed by atoms with E-state index in [0.29, 0.717) is 4.99 Å². The Morgan fingerprint density at radius 2 is 1.81 bits per heavy atom. The number of carboxylic acid groups (broad SMARTS) is 1. The van der Waals surface area contributed by atoms with Gasteiger partial charge in [-0.1, -0.05) is 54.7 Å². The zero-order valence-corrected chi connectivity index (χ0v) is 12.7. The van der Waals surface area contributed by atoms with Gasteiger partial charge >= 0.3 is 5.97 Å². The fraction of sp³-hybridized carbons (Fsp3) is 0.125. The predicted molar refractivity (Wildman–Crippen MR) is 89.1 cm³/mol. The first-order chi connectivity index (χ1) is 10.2. The van der Waals surface area contributed by atoms with Crippen molar-refractivity contribution in [2.24, 2.45) is 0 Å². The number of carboxylic acids is 1. The molecule has 0 saturated carbocycles. The van der Waals surface area contributed by atoms with Crippen LogP contribution in [0.5, 0.6) is 0 Å². The maximum absolute atomic E-state index is 11.2. The van der Waals surface area contributed by atoms with Gasteiger partial charge in [-0.05, 0) is 17.7 Å². The first-order valence-corrected chi connectivity index (χ1v) is 7.79. The Kier molecular flexibility index (Phi) is 3.94. The molecule has 3 nitrogen and oxygen atoms in total. The number of carbonyl (C=O) groups is 1. The van der Waals surface area contributed by atoms with E-state index in [1.165, 1.54) is 0 Å². The molecule has 0 radical (unpaired) electrons. The second-order valence-corrected chi connectivity index (χ2v) is 6.26. The minimum Gasteiger partial charge on any atom is -0.480 e. The van der Waals surface area contributed by atoms with Gasteiger partial charge in [0.05, 0.1) is 10.9 Å². The quantitative estimate of drug-likeness (QED) is 0.874. The van der Waals surface area contributed by atoms with E-state index >= 15 is 0 Å². The van der Waals surface area contributed by atoms with E-state index in [4.69, 9.17) is 17.3 Å². The molecule has 0 bridgehead atoms. The van der Waals surface area contributed by atoms with Gasteiger partial charge in [-0.25, -0.2) is 0 Å². The van der Waals surface area contributed by atoms with Gasteiger partial charge in [0.15, 0.2) is 0 Å². The molecule has 106 valence electrons. The maximum atomic E-state index is 11.2. The van der Waals surface area contributed by atoms with Crippen LogP contribution in [0, 0.1) is 0 Å². The molecule has 0 aromatic heterocycles. The third-order valence-electron chi connectivity index (χ3n) is 3.29. The van der Waals surface area contributed by atoms with E-state index < -0.39 is 5.97 Å². The highest BCUT2D eigenvalue weighted by molar-refractivity contribution is 8.01. The molecule has 21 heavy (non-hydrogen) atoms. The van der Waals surface area contributed by atoms with Crippen LogP contribution in [0.3, 0.4) is 0 Å². The first kappa shape index (κ1) is 14.1. The van der Waals surface area contributed by atoms with Crippen LogP contribution in [-0.2, 0) is 4.79 Å². The molecular formula is C16H13NO2S2. The summed E-state index contributed by atoms with van der Waals surface area (Å²) in [6, 6.07) is 17.7. The van der Waals surface area contributed by atoms with Crippen LogP contribution in [0.25, 0.3) is 0 Å². The second-order valence-electron chi connectivity index (χ2n) is 4.69. The van der Waals surface area contributed by atoms with Gasteiger partial charge in [0.25, 0.3) is 0 Å². The Hall–Kier alpha value is -1.85. The van der Waals surface area contributed by atoms with Gasteiger partial charge in [0.2, 0.25) is 0 Å². The molecule has 0 saturated heterocycles. The smallest absolute Gasteiger partial charge is 0.323 e. The minimum atomic E-state index is -0.883. The molecule has 1 unspecified atom stereocenters. The number of fused-ring (bicyclic) bond motifs is 1. The SMILES string of the molecule is O=C(O)CN1C(=S)C(c2ccccc2)Sc2ccccc21. The molecule has 1 aliphatic rings. The van der Waals surface area contributed by atoms with Crippen LogP contribution in [-0.4, -0.2) is 22.6 Å². The fourth-order valence-electron chi connectivity index (χ4n) is 2.35. The van der Waals surface area contributed by atoms with Crippen molar-refractivity contribution >= 4 is 40.6 Å². The van der Waals surface area contributed by atoms with Crippen molar-refractivity contribution in [1.82, 2.24) is 0 Å². The van der Waals surface area contributed by atoms with Gasteiger partial charge in [-0.15, -0.1) is 11.8 Å². The van der Waals surface area contributed by atoms with Crippen LogP contribution in [0.4, 0.5) is 5.69 Å². The molecule has 5 heteroatoms. The first-order valence-electron chi connectivity index (χ1n) is 6.50. The van der Waals surface area contributed by atoms with Crippen molar-refractivity contribution in [3.05, 3.63) is 60.2 Å². The summed E-state index contributed by atoms with van der Waals surface area (Å²) in [6.45, 7) is -0.111. The lowest BCUT2D eigenvalue weighted by molar-refractivity contribution is -0.135. The number of rotatable bonds is 3. The standard InChI is InChI=1S/C16H13NO2S2/c18-14(19)10-17-12-8-4-5-9-13(12)21-15(16(17)20)11-6-2-1-3-7-11/h1-9,15H,10H2,(H,18,19). The van der Waals surface area contributed by atoms with E-state index in [1.807, 2.05) is 54.6 Å². The number of thioether (sulfide) groups is 1. The molecule has 0 spiro atoms. The van der Waals surface area contributed by atoms with Crippen LogP contribution < -0.4 is 4.90 Å². The van der Waals surface area contributed by atoms with Crippen LogP contribution in [0.15, 0.2) is 59.5 Å². The lowest BCUT2D eigenvalue weighted by Gasteiger charge is -2.35. The lowest BCUT2D eigenvalue weighted by atomic mass is 10.1. The Labute approximate surface area is 132 Å².